The van der Waals surface area contributed by atoms with Gasteiger partial charge in [0, 0.05) is 11.6 Å². The highest BCUT2D eigenvalue weighted by molar-refractivity contribution is 5.95. The molecule has 3 heteroatoms. The molecule has 0 aromatic heterocycles. The van der Waals surface area contributed by atoms with Gasteiger partial charge >= 0.3 is 0 Å². The molecule has 0 saturated heterocycles. The van der Waals surface area contributed by atoms with Gasteiger partial charge in [-0.05, 0) is 31.4 Å². The summed E-state index contributed by atoms with van der Waals surface area (Å²) in [6, 6.07) is 8.11. The van der Waals surface area contributed by atoms with E-state index in [9.17, 15) is 4.79 Å². The van der Waals surface area contributed by atoms with Crippen molar-refractivity contribution in [2.75, 3.05) is 0 Å². The number of carbonyl (C=O) groups excluding carboxylic acids is 1. The first-order valence-electron chi connectivity index (χ1n) is 4.64. The van der Waals surface area contributed by atoms with Crippen molar-refractivity contribution in [2.24, 2.45) is 0 Å². The maximum atomic E-state index is 11.6. The molecule has 1 saturated carbocycles. The molecule has 14 heavy (non-hydrogen) atoms. The van der Waals surface area contributed by atoms with Gasteiger partial charge in [0.1, 0.15) is 0 Å². The van der Waals surface area contributed by atoms with Gasteiger partial charge in [-0.2, -0.15) is 0 Å². The smallest absolute Gasteiger partial charge is 0.251 e. The van der Waals surface area contributed by atoms with Gasteiger partial charge in [-0.15, -0.1) is 12.4 Å². The highest BCUT2D eigenvalue weighted by Crippen LogP contribution is 2.19. The summed E-state index contributed by atoms with van der Waals surface area (Å²) in [6.07, 6.45) is 2.27. The number of hydrogen-bond acceptors (Lipinski definition) is 1. The largest absolute Gasteiger partial charge is 0.349 e. The van der Waals surface area contributed by atoms with E-state index in [1.54, 1.807) is 0 Å². The van der Waals surface area contributed by atoms with E-state index < -0.39 is 0 Å². The molecule has 0 unspecified atom stereocenters. The van der Waals surface area contributed by atoms with E-state index in [4.69, 9.17) is 0 Å². The Morgan fingerprint density at radius 3 is 2.57 bits per heavy atom. The minimum Gasteiger partial charge on any atom is -0.349 e. The van der Waals surface area contributed by atoms with Crippen LogP contribution in [0.5, 0.6) is 0 Å². The molecule has 0 aliphatic heterocycles. The molecule has 1 N–H and O–H groups in total. The Labute approximate surface area is 90.1 Å². The second kappa shape index (κ2) is 4.47. The van der Waals surface area contributed by atoms with Gasteiger partial charge < -0.3 is 5.32 Å². The van der Waals surface area contributed by atoms with Crippen molar-refractivity contribution < 1.29 is 4.79 Å². The molecular formula is C11H14ClNO. The second-order valence-corrected chi connectivity index (χ2v) is 3.56. The zero-order chi connectivity index (χ0) is 9.26. The second-order valence-electron chi connectivity index (χ2n) is 3.56. The van der Waals surface area contributed by atoms with Crippen molar-refractivity contribution in [3.05, 3.63) is 35.4 Å². The van der Waals surface area contributed by atoms with Crippen LogP contribution in [0.2, 0.25) is 0 Å². The molecule has 0 bridgehead atoms. The lowest BCUT2D eigenvalue weighted by atomic mass is 10.1. The third kappa shape index (κ3) is 2.48. The third-order valence-corrected chi connectivity index (χ3v) is 2.30. The van der Waals surface area contributed by atoms with Gasteiger partial charge in [0.25, 0.3) is 5.91 Å². The van der Waals surface area contributed by atoms with Gasteiger partial charge in [-0.25, -0.2) is 0 Å². The molecule has 0 heterocycles. The molecule has 76 valence electrons. The molecule has 0 radical (unpaired) electrons. The molecule has 2 rings (SSSR count). The number of rotatable bonds is 2. The highest BCUT2D eigenvalue weighted by atomic mass is 35.5. The average Bonchev–Trinajstić information content (AvgIpc) is 2.89. The van der Waals surface area contributed by atoms with Crippen molar-refractivity contribution in [2.45, 2.75) is 25.8 Å². The van der Waals surface area contributed by atoms with Crippen LogP contribution < -0.4 is 5.32 Å². The molecule has 1 fully saturated rings. The summed E-state index contributed by atoms with van der Waals surface area (Å²) < 4.78 is 0. The fraction of sp³-hybridized carbons (Fsp3) is 0.364. The maximum absolute atomic E-state index is 11.6. The molecule has 0 spiro atoms. The van der Waals surface area contributed by atoms with Crippen molar-refractivity contribution in [1.29, 1.82) is 0 Å². The monoisotopic (exact) mass is 211 g/mol. The van der Waals surface area contributed by atoms with Crippen molar-refractivity contribution in [3.63, 3.8) is 0 Å². The minimum atomic E-state index is 0. The summed E-state index contributed by atoms with van der Waals surface area (Å²) in [5.74, 6) is 0.0700. The fourth-order valence-electron chi connectivity index (χ4n) is 1.32. The van der Waals surface area contributed by atoms with Gasteiger partial charge in [-0.1, -0.05) is 18.2 Å². The fourth-order valence-corrected chi connectivity index (χ4v) is 1.32. The Balaban J connectivity index is 0.000000980. The van der Waals surface area contributed by atoms with Crippen LogP contribution in [0, 0.1) is 6.92 Å². The quantitative estimate of drug-likeness (QED) is 0.799. The van der Waals surface area contributed by atoms with Crippen molar-refractivity contribution in [3.8, 4) is 0 Å². The summed E-state index contributed by atoms with van der Waals surface area (Å²) in [5, 5.41) is 2.97. The lowest BCUT2D eigenvalue weighted by molar-refractivity contribution is 0.0950. The first-order valence-corrected chi connectivity index (χ1v) is 4.64. The number of amides is 1. The van der Waals surface area contributed by atoms with Crippen LogP contribution >= 0.6 is 12.4 Å². The van der Waals surface area contributed by atoms with Gasteiger partial charge in [0.2, 0.25) is 0 Å². The van der Waals surface area contributed by atoms with Crippen LogP contribution in [0.15, 0.2) is 24.3 Å². The first-order chi connectivity index (χ1) is 6.27. The summed E-state index contributed by atoms with van der Waals surface area (Å²) in [7, 11) is 0. The Bertz CT molecular complexity index is 334. The number of hydrogen-bond donors (Lipinski definition) is 1. The molecule has 1 aliphatic rings. The van der Waals surface area contributed by atoms with Gasteiger partial charge in [0.05, 0.1) is 0 Å². The van der Waals surface area contributed by atoms with Gasteiger partial charge in [-0.3, -0.25) is 4.79 Å². The molecular weight excluding hydrogens is 198 g/mol. The van der Waals surface area contributed by atoms with Crippen LogP contribution in [0.4, 0.5) is 0 Å². The van der Waals surface area contributed by atoms with Crippen LogP contribution in [-0.2, 0) is 0 Å². The molecule has 2 nitrogen and oxygen atoms in total. The average molecular weight is 212 g/mol. The van der Waals surface area contributed by atoms with E-state index in [2.05, 4.69) is 5.32 Å². The lowest BCUT2D eigenvalue weighted by Gasteiger charge is -2.05. The number of nitrogens with one attached hydrogen (secondary N) is 1. The topological polar surface area (TPSA) is 29.1 Å². The van der Waals surface area contributed by atoms with E-state index >= 15 is 0 Å². The number of aryl methyl sites for hydroxylation is 1. The Morgan fingerprint density at radius 2 is 2.00 bits per heavy atom. The molecule has 1 aliphatic carbocycles. The normalized spacial score (nSPS) is 14.4. The van der Waals surface area contributed by atoms with Crippen molar-refractivity contribution >= 4 is 18.3 Å². The van der Waals surface area contributed by atoms with E-state index in [1.165, 1.54) is 0 Å². The SMILES string of the molecule is Cc1ccccc1C(=O)NC1CC1.Cl. The Morgan fingerprint density at radius 1 is 1.36 bits per heavy atom. The Kier molecular flexibility index (Phi) is 3.53. The number of carbonyl (C=O) groups is 1. The Hall–Kier alpha value is -1.02. The standard InChI is InChI=1S/C11H13NO.ClH/c1-8-4-2-3-5-10(8)11(13)12-9-6-7-9;/h2-5,9H,6-7H2,1H3,(H,12,13);1H. The molecule has 0 atom stereocenters. The van der Waals surface area contributed by atoms with E-state index in [-0.39, 0.29) is 18.3 Å². The van der Waals surface area contributed by atoms with E-state index in [0.29, 0.717) is 6.04 Å². The van der Waals surface area contributed by atoms with Crippen molar-refractivity contribution in [1.82, 2.24) is 5.32 Å². The number of halogens is 1. The predicted octanol–water partition coefficient (Wildman–Crippen LogP) is 2.31. The van der Waals surface area contributed by atoms with Crippen LogP contribution in [-0.4, -0.2) is 11.9 Å². The predicted molar refractivity (Wildman–Crippen MR) is 58.9 cm³/mol. The van der Waals surface area contributed by atoms with Crippen LogP contribution in [0.1, 0.15) is 28.8 Å². The third-order valence-electron chi connectivity index (χ3n) is 2.30. The van der Waals surface area contributed by atoms with Crippen LogP contribution in [0.3, 0.4) is 0 Å². The summed E-state index contributed by atoms with van der Waals surface area (Å²) >= 11 is 0. The first kappa shape index (κ1) is 11.1. The number of benzene rings is 1. The molecule has 1 aromatic rings. The highest BCUT2D eigenvalue weighted by Gasteiger charge is 2.23. The maximum Gasteiger partial charge on any atom is 0.251 e. The minimum absolute atomic E-state index is 0. The molecule has 1 aromatic carbocycles. The molecule has 1 amide bonds. The van der Waals surface area contributed by atoms with E-state index in [0.717, 1.165) is 24.0 Å². The van der Waals surface area contributed by atoms with Crippen LogP contribution in [0.25, 0.3) is 0 Å². The summed E-state index contributed by atoms with van der Waals surface area (Å²) in [6.45, 7) is 1.96. The van der Waals surface area contributed by atoms with Gasteiger partial charge in [0.15, 0.2) is 0 Å². The zero-order valence-corrected chi connectivity index (χ0v) is 8.93. The summed E-state index contributed by atoms with van der Waals surface area (Å²) in [4.78, 5) is 11.6. The lowest BCUT2D eigenvalue weighted by Crippen LogP contribution is -2.25. The zero-order valence-electron chi connectivity index (χ0n) is 8.12. The van der Waals surface area contributed by atoms with E-state index in [1.807, 2.05) is 31.2 Å². The summed E-state index contributed by atoms with van der Waals surface area (Å²) in [5.41, 5.74) is 1.84.